The van der Waals surface area contributed by atoms with Crippen molar-refractivity contribution in [3.8, 4) is 0 Å². The Kier molecular flexibility index (Phi) is 5.03. The number of benzene rings is 2. The summed E-state index contributed by atoms with van der Waals surface area (Å²) in [5, 5.41) is 5.46. The molecule has 1 atom stereocenters. The van der Waals surface area contributed by atoms with Gasteiger partial charge in [-0.25, -0.2) is 0 Å². The molecule has 4 heteroatoms. The minimum absolute atomic E-state index is 0.0159. The number of furan rings is 1. The number of carbonyl (C=O) groups excluding carboxylic acids is 1. The first-order chi connectivity index (χ1) is 11.2. The van der Waals surface area contributed by atoms with Crippen LogP contribution in [0.15, 0.2) is 65.3 Å². The third-order valence-electron chi connectivity index (χ3n) is 3.72. The quantitative estimate of drug-likeness (QED) is 0.723. The van der Waals surface area contributed by atoms with Crippen molar-refractivity contribution in [1.29, 1.82) is 0 Å². The van der Waals surface area contributed by atoms with Gasteiger partial charge in [-0.15, -0.1) is 11.8 Å². The first-order valence-electron chi connectivity index (χ1n) is 7.61. The fraction of sp³-hybridized carbons (Fsp3) is 0.211. The molecule has 0 aliphatic rings. The predicted octanol–water partition coefficient (Wildman–Crippen LogP) is 4.54. The van der Waals surface area contributed by atoms with E-state index in [2.05, 4.69) is 29.6 Å². The van der Waals surface area contributed by atoms with Crippen molar-refractivity contribution in [3.05, 3.63) is 72.2 Å². The van der Waals surface area contributed by atoms with E-state index in [4.69, 9.17) is 4.42 Å². The fourth-order valence-electron chi connectivity index (χ4n) is 2.63. The molecule has 0 bridgehead atoms. The number of thioether (sulfide) groups is 1. The topological polar surface area (TPSA) is 42.2 Å². The molecule has 0 fully saturated rings. The van der Waals surface area contributed by atoms with E-state index in [0.29, 0.717) is 11.5 Å². The van der Waals surface area contributed by atoms with Crippen molar-refractivity contribution < 1.29 is 9.21 Å². The maximum Gasteiger partial charge on any atom is 0.230 e. The summed E-state index contributed by atoms with van der Waals surface area (Å²) in [5.41, 5.74) is 1.15. The van der Waals surface area contributed by atoms with Crippen molar-refractivity contribution in [3.63, 3.8) is 0 Å². The van der Waals surface area contributed by atoms with Crippen LogP contribution in [0.2, 0.25) is 0 Å². The van der Waals surface area contributed by atoms with Crippen LogP contribution in [0.1, 0.15) is 24.3 Å². The molecule has 0 saturated carbocycles. The molecule has 1 amide bonds. The molecule has 1 N–H and O–H groups in total. The van der Waals surface area contributed by atoms with Crippen LogP contribution in [-0.2, 0) is 10.5 Å². The monoisotopic (exact) mass is 325 g/mol. The zero-order chi connectivity index (χ0) is 16.1. The van der Waals surface area contributed by atoms with Crippen LogP contribution in [0, 0.1) is 0 Å². The van der Waals surface area contributed by atoms with Gasteiger partial charge in [-0.2, -0.15) is 0 Å². The molecule has 1 heterocycles. The van der Waals surface area contributed by atoms with Crippen LogP contribution >= 0.6 is 11.8 Å². The Morgan fingerprint density at radius 3 is 2.78 bits per heavy atom. The van der Waals surface area contributed by atoms with Gasteiger partial charge in [0.1, 0.15) is 5.76 Å². The van der Waals surface area contributed by atoms with E-state index in [9.17, 15) is 4.79 Å². The summed E-state index contributed by atoms with van der Waals surface area (Å²) in [5.74, 6) is 2.07. The Balaban J connectivity index is 1.59. The first-order valence-corrected chi connectivity index (χ1v) is 8.76. The summed E-state index contributed by atoms with van der Waals surface area (Å²) in [7, 11) is 0. The Morgan fingerprint density at radius 2 is 1.96 bits per heavy atom. The van der Waals surface area contributed by atoms with Crippen LogP contribution in [-0.4, -0.2) is 11.7 Å². The van der Waals surface area contributed by atoms with Crippen LogP contribution in [0.25, 0.3) is 10.8 Å². The van der Waals surface area contributed by atoms with E-state index in [1.54, 1.807) is 18.0 Å². The van der Waals surface area contributed by atoms with Gasteiger partial charge in [-0.3, -0.25) is 4.79 Å². The van der Waals surface area contributed by atoms with Gasteiger partial charge in [0.25, 0.3) is 0 Å². The number of nitrogens with one attached hydrogen (secondary N) is 1. The lowest BCUT2D eigenvalue weighted by Crippen LogP contribution is -2.28. The number of carbonyl (C=O) groups is 1. The molecule has 3 aromatic rings. The second kappa shape index (κ2) is 7.38. The largest absolute Gasteiger partial charge is 0.468 e. The molecule has 0 radical (unpaired) electrons. The van der Waals surface area contributed by atoms with Crippen molar-refractivity contribution in [2.75, 3.05) is 5.75 Å². The zero-order valence-electron chi connectivity index (χ0n) is 13.0. The molecule has 118 valence electrons. The normalized spacial score (nSPS) is 12.2. The van der Waals surface area contributed by atoms with E-state index in [1.165, 1.54) is 10.8 Å². The fourth-order valence-corrected chi connectivity index (χ4v) is 3.36. The summed E-state index contributed by atoms with van der Waals surface area (Å²) in [6.07, 6.45) is 1.65. The summed E-state index contributed by atoms with van der Waals surface area (Å²) >= 11 is 1.55. The van der Waals surface area contributed by atoms with Gasteiger partial charge in [-0.1, -0.05) is 42.5 Å². The van der Waals surface area contributed by atoms with Crippen molar-refractivity contribution >= 4 is 28.4 Å². The van der Waals surface area contributed by atoms with Crippen LogP contribution in [0.3, 0.4) is 0 Å². The summed E-state index contributed by atoms with van der Waals surface area (Å²) < 4.78 is 5.26. The van der Waals surface area contributed by atoms with Gasteiger partial charge in [-0.05, 0) is 35.4 Å². The van der Waals surface area contributed by atoms with Gasteiger partial charge >= 0.3 is 0 Å². The highest BCUT2D eigenvalue weighted by Gasteiger charge is 2.12. The van der Waals surface area contributed by atoms with Crippen LogP contribution in [0.5, 0.6) is 0 Å². The molecule has 0 spiro atoms. The second-order valence-corrected chi connectivity index (χ2v) is 6.42. The minimum Gasteiger partial charge on any atom is -0.468 e. The Morgan fingerprint density at radius 1 is 1.13 bits per heavy atom. The first kappa shape index (κ1) is 15.7. The maximum absolute atomic E-state index is 12.1. The van der Waals surface area contributed by atoms with Crippen LogP contribution < -0.4 is 5.32 Å². The summed E-state index contributed by atoms with van der Waals surface area (Å²) in [4.78, 5) is 12.1. The molecule has 1 aromatic heterocycles. The molecule has 23 heavy (non-hydrogen) atoms. The van der Waals surface area contributed by atoms with Gasteiger partial charge in [0.2, 0.25) is 5.91 Å². The van der Waals surface area contributed by atoms with E-state index in [0.717, 1.165) is 11.3 Å². The summed E-state index contributed by atoms with van der Waals surface area (Å²) in [6.45, 7) is 2.02. The van der Waals surface area contributed by atoms with Crippen LogP contribution in [0.4, 0.5) is 0 Å². The highest BCUT2D eigenvalue weighted by Crippen LogP contribution is 2.24. The van der Waals surface area contributed by atoms with E-state index in [1.807, 2.05) is 37.3 Å². The molecule has 0 aliphatic heterocycles. The number of amides is 1. The minimum atomic E-state index is -0.0159. The maximum atomic E-state index is 12.1. The molecular weight excluding hydrogens is 306 g/mol. The van der Waals surface area contributed by atoms with E-state index >= 15 is 0 Å². The third kappa shape index (κ3) is 3.96. The molecular formula is C19H19NO2S. The smallest absolute Gasteiger partial charge is 0.230 e. The average Bonchev–Trinajstić information content (AvgIpc) is 3.07. The lowest BCUT2D eigenvalue weighted by atomic mass is 10.00. The van der Waals surface area contributed by atoms with Gasteiger partial charge in [0.15, 0.2) is 0 Å². The highest BCUT2D eigenvalue weighted by atomic mass is 32.2. The van der Waals surface area contributed by atoms with E-state index < -0.39 is 0 Å². The van der Waals surface area contributed by atoms with Gasteiger partial charge < -0.3 is 9.73 Å². The molecule has 2 aromatic carbocycles. The number of hydrogen-bond donors (Lipinski definition) is 1. The van der Waals surface area contributed by atoms with Crippen molar-refractivity contribution in [2.24, 2.45) is 0 Å². The van der Waals surface area contributed by atoms with E-state index in [-0.39, 0.29) is 11.9 Å². The number of fused-ring (bicyclic) bond motifs is 1. The molecule has 0 saturated heterocycles. The Bertz CT molecular complexity index is 778. The predicted molar refractivity (Wildman–Crippen MR) is 95.4 cm³/mol. The third-order valence-corrected chi connectivity index (χ3v) is 4.68. The molecule has 1 unspecified atom stereocenters. The highest BCUT2D eigenvalue weighted by molar-refractivity contribution is 7.99. The number of hydrogen-bond acceptors (Lipinski definition) is 3. The zero-order valence-corrected chi connectivity index (χ0v) is 13.8. The van der Waals surface area contributed by atoms with Crippen molar-refractivity contribution in [2.45, 2.75) is 18.7 Å². The average molecular weight is 325 g/mol. The van der Waals surface area contributed by atoms with Crippen molar-refractivity contribution in [1.82, 2.24) is 5.32 Å². The lowest BCUT2D eigenvalue weighted by molar-refractivity contribution is -0.119. The Hall–Kier alpha value is -2.20. The summed E-state index contributed by atoms with van der Waals surface area (Å²) in [6, 6.07) is 18.2. The lowest BCUT2D eigenvalue weighted by Gasteiger charge is -2.16. The SMILES string of the molecule is CC(NC(=O)CSCc1ccco1)c1cccc2ccccc12. The second-order valence-electron chi connectivity index (χ2n) is 5.43. The standard InChI is InChI=1S/C19H19NO2S/c1-14(17-10-4-7-15-6-2-3-9-18(15)17)20-19(21)13-23-12-16-8-5-11-22-16/h2-11,14H,12-13H2,1H3,(H,20,21). The molecule has 0 aliphatic carbocycles. The number of rotatable bonds is 6. The molecule has 3 nitrogen and oxygen atoms in total. The van der Waals surface area contributed by atoms with Gasteiger partial charge in [0, 0.05) is 0 Å². The van der Waals surface area contributed by atoms with Gasteiger partial charge in [0.05, 0.1) is 23.8 Å². The Labute approximate surface area is 140 Å². The molecule has 3 rings (SSSR count).